The van der Waals surface area contributed by atoms with Gasteiger partial charge in [0.25, 0.3) is 0 Å². The zero-order valence-electron chi connectivity index (χ0n) is 15.2. The molecule has 6 nitrogen and oxygen atoms in total. The molecule has 0 radical (unpaired) electrons. The number of amides is 1. The molecule has 1 aliphatic carbocycles. The maximum Gasteiger partial charge on any atom is 0.241 e. The lowest BCUT2D eigenvalue weighted by atomic mass is 9.86. The van der Waals surface area contributed by atoms with Gasteiger partial charge in [0.15, 0.2) is 0 Å². The van der Waals surface area contributed by atoms with Gasteiger partial charge >= 0.3 is 0 Å². The first kappa shape index (κ1) is 18.2. The number of fused-ring (bicyclic) bond motifs is 2. The molecule has 1 spiro atoms. The summed E-state index contributed by atoms with van der Waals surface area (Å²) in [6.07, 6.45) is 2.34. The number of carbonyl (C=O) groups is 1. The predicted octanol–water partition coefficient (Wildman–Crippen LogP) is 2.21. The van der Waals surface area contributed by atoms with E-state index < -0.39 is 10.0 Å². The molecule has 2 aromatic rings. The summed E-state index contributed by atoms with van der Waals surface area (Å²) in [5.74, 6) is -0.103. The summed E-state index contributed by atoms with van der Waals surface area (Å²) in [6.45, 7) is 3.57. The van der Waals surface area contributed by atoms with Crippen LogP contribution in [-0.4, -0.2) is 31.8 Å². The summed E-state index contributed by atoms with van der Waals surface area (Å²) in [5.41, 5.74) is 3.50. The molecular formula is C20H23N3O3S. The molecule has 2 aromatic carbocycles. The third-order valence-electron chi connectivity index (χ3n) is 5.70. The number of hydrogen-bond donors (Lipinski definition) is 2. The second kappa shape index (κ2) is 6.44. The van der Waals surface area contributed by atoms with Crippen LogP contribution in [0.3, 0.4) is 0 Å². The molecule has 142 valence electrons. The Morgan fingerprint density at radius 3 is 2.44 bits per heavy atom. The van der Waals surface area contributed by atoms with Gasteiger partial charge in [-0.15, -0.1) is 0 Å². The van der Waals surface area contributed by atoms with Crippen LogP contribution >= 0.6 is 0 Å². The summed E-state index contributed by atoms with van der Waals surface area (Å²) < 4.78 is 22.7. The molecule has 1 saturated carbocycles. The van der Waals surface area contributed by atoms with Gasteiger partial charge in [-0.3, -0.25) is 9.69 Å². The normalized spacial score (nSPS) is 19.3. The molecule has 1 atom stereocenters. The smallest absolute Gasteiger partial charge is 0.241 e. The van der Waals surface area contributed by atoms with Gasteiger partial charge in [0.05, 0.1) is 10.9 Å². The Balaban J connectivity index is 1.47. The van der Waals surface area contributed by atoms with Gasteiger partial charge in [-0.2, -0.15) is 0 Å². The van der Waals surface area contributed by atoms with E-state index in [1.165, 1.54) is 36.1 Å². The number of rotatable bonds is 4. The van der Waals surface area contributed by atoms with Gasteiger partial charge in [-0.05, 0) is 55.2 Å². The van der Waals surface area contributed by atoms with Crippen molar-refractivity contribution in [2.24, 2.45) is 5.14 Å². The van der Waals surface area contributed by atoms with Crippen molar-refractivity contribution in [3.8, 4) is 0 Å². The first-order valence-corrected chi connectivity index (χ1v) is 10.6. The van der Waals surface area contributed by atoms with Gasteiger partial charge in [-0.25, -0.2) is 13.6 Å². The standard InChI is InChI=1S/C20H23N3O3S/c1-14(19(24)22-16-6-8-17(9-7-16)27(21,25)26)23-12-15-4-2-3-5-18(15)20(13-23)10-11-20/h2-9,14H,10-13H2,1H3,(H,22,24)(H2,21,25,26). The van der Waals surface area contributed by atoms with Crippen molar-refractivity contribution in [3.63, 3.8) is 0 Å². The van der Waals surface area contributed by atoms with Gasteiger partial charge in [0.2, 0.25) is 15.9 Å². The van der Waals surface area contributed by atoms with E-state index in [9.17, 15) is 13.2 Å². The van der Waals surface area contributed by atoms with Crippen LogP contribution in [0.2, 0.25) is 0 Å². The number of nitrogens with two attached hydrogens (primary N) is 1. The molecule has 4 rings (SSSR count). The van der Waals surface area contributed by atoms with Crippen LogP contribution in [0.5, 0.6) is 0 Å². The van der Waals surface area contributed by atoms with Crippen molar-refractivity contribution >= 4 is 21.6 Å². The molecule has 1 fully saturated rings. The van der Waals surface area contributed by atoms with E-state index >= 15 is 0 Å². The van der Waals surface area contributed by atoms with E-state index in [1.54, 1.807) is 12.1 Å². The monoisotopic (exact) mass is 385 g/mol. The molecule has 3 N–H and O–H groups in total. The topological polar surface area (TPSA) is 92.5 Å². The number of nitrogens with zero attached hydrogens (tertiary/aromatic N) is 1. The number of nitrogens with one attached hydrogen (secondary N) is 1. The van der Waals surface area contributed by atoms with Crippen LogP contribution in [0.15, 0.2) is 53.4 Å². The molecule has 7 heteroatoms. The fraction of sp³-hybridized carbons (Fsp3) is 0.350. The number of primary sulfonamides is 1. The summed E-state index contributed by atoms with van der Waals surface area (Å²) in [5, 5.41) is 7.98. The second-order valence-electron chi connectivity index (χ2n) is 7.58. The van der Waals surface area contributed by atoms with Crippen LogP contribution in [0.25, 0.3) is 0 Å². The van der Waals surface area contributed by atoms with Gasteiger partial charge in [0.1, 0.15) is 0 Å². The van der Waals surface area contributed by atoms with Gasteiger partial charge in [-0.1, -0.05) is 24.3 Å². The molecule has 1 unspecified atom stereocenters. The highest BCUT2D eigenvalue weighted by Crippen LogP contribution is 2.52. The zero-order valence-corrected chi connectivity index (χ0v) is 16.0. The molecule has 1 aliphatic heterocycles. The molecule has 2 aliphatic rings. The Bertz CT molecular complexity index is 982. The van der Waals surface area contributed by atoms with E-state index in [4.69, 9.17) is 5.14 Å². The fourth-order valence-corrected chi connectivity index (χ4v) is 4.43. The maximum atomic E-state index is 12.7. The minimum Gasteiger partial charge on any atom is -0.325 e. The Morgan fingerprint density at radius 2 is 1.81 bits per heavy atom. The third-order valence-corrected chi connectivity index (χ3v) is 6.63. The highest BCUT2D eigenvalue weighted by atomic mass is 32.2. The quantitative estimate of drug-likeness (QED) is 0.844. The fourth-order valence-electron chi connectivity index (χ4n) is 3.92. The first-order chi connectivity index (χ1) is 12.8. The molecule has 1 heterocycles. The van der Waals surface area contributed by atoms with Gasteiger partial charge < -0.3 is 5.32 Å². The van der Waals surface area contributed by atoms with E-state index in [1.807, 2.05) is 6.92 Å². The summed E-state index contributed by atoms with van der Waals surface area (Å²) >= 11 is 0. The number of benzene rings is 2. The van der Waals surface area contributed by atoms with E-state index in [2.05, 4.69) is 34.5 Å². The first-order valence-electron chi connectivity index (χ1n) is 9.05. The summed E-state index contributed by atoms with van der Waals surface area (Å²) in [6, 6.07) is 14.1. The average molecular weight is 385 g/mol. The third kappa shape index (κ3) is 3.50. The average Bonchev–Trinajstić information content (AvgIpc) is 3.40. The Morgan fingerprint density at radius 1 is 1.15 bits per heavy atom. The molecular weight excluding hydrogens is 362 g/mol. The lowest BCUT2D eigenvalue weighted by Gasteiger charge is -2.38. The Kier molecular flexibility index (Phi) is 4.33. The van der Waals surface area contributed by atoms with Crippen molar-refractivity contribution in [2.45, 2.75) is 42.7 Å². The van der Waals surface area contributed by atoms with Crippen molar-refractivity contribution < 1.29 is 13.2 Å². The minimum atomic E-state index is -3.74. The highest BCUT2D eigenvalue weighted by Gasteiger charge is 2.49. The lowest BCUT2D eigenvalue weighted by molar-refractivity contribution is -0.121. The van der Waals surface area contributed by atoms with Crippen LogP contribution in [0.4, 0.5) is 5.69 Å². The molecule has 0 aromatic heterocycles. The number of anilines is 1. The maximum absolute atomic E-state index is 12.7. The molecule has 0 saturated heterocycles. The number of sulfonamides is 1. The van der Waals surface area contributed by atoms with Crippen molar-refractivity contribution in [3.05, 3.63) is 59.7 Å². The summed E-state index contributed by atoms with van der Waals surface area (Å²) in [4.78, 5) is 15.0. The van der Waals surface area contributed by atoms with Crippen molar-refractivity contribution in [2.75, 3.05) is 11.9 Å². The molecule has 0 bridgehead atoms. The van der Waals surface area contributed by atoms with Crippen LogP contribution in [0.1, 0.15) is 30.9 Å². The molecule has 27 heavy (non-hydrogen) atoms. The Hall–Kier alpha value is -2.22. The minimum absolute atomic E-state index is 0.0249. The van der Waals surface area contributed by atoms with Crippen LogP contribution in [0, 0.1) is 0 Å². The Labute approximate surface area is 159 Å². The van der Waals surface area contributed by atoms with Crippen molar-refractivity contribution in [1.29, 1.82) is 0 Å². The highest BCUT2D eigenvalue weighted by molar-refractivity contribution is 7.89. The van der Waals surface area contributed by atoms with Crippen LogP contribution in [-0.2, 0) is 26.8 Å². The largest absolute Gasteiger partial charge is 0.325 e. The number of hydrogen-bond acceptors (Lipinski definition) is 4. The van der Waals surface area contributed by atoms with E-state index in [-0.39, 0.29) is 22.3 Å². The van der Waals surface area contributed by atoms with Crippen molar-refractivity contribution in [1.82, 2.24) is 4.90 Å². The predicted molar refractivity (Wildman–Crippen MR) is 104 cm³/mol. The summed E-state index contributed by atoms with van der Waals surface area (Å²) in [7, 11) is -3.74. The zero-order chi connectivity index (χ0) is 19.2. The van der Waals surface area contributed by atoms with E-state index in [0.29, 0.717) is 5.69 Å². The SMILES string of the molecule is CC(C(=O)Nc1ccc(S(N)(=O)=O)cc1)N1Cc2ccccc2C2(CC2)C1. The molecule has 1 amide bonds. The van der Waals surface area contributed by atoms with E-state index in [0.717, 1.165) is 13.1 Å². The van der Waals surface area contributed by atoms with Gasteiger partial charge in [0, 0.05) is 24.2 Å². The second-order valence-corrected chi connectivity index (χ2v) is 9.14. The number of carbonyl (C=O) groups excluding carboxylic acids is 1. The lowest BCUT2D eigenvalue weighted by Crippen LogP contribution is -2.47. The van der Waals surface area contributed by atoms with Crippen LogP contribution < -0.4 is 10.5 Å².